The average molecular weight is 385 g/mol. The van der Waals surface area contributed by atoms with E-state index < -0.39 is 42.9 Å². The summed E-state index contributed by atoms with van der Waals surface area (Å²) in [4.78, 5) is 0. The Balaban J connectivity index is 1.54. The molecular formula is C21H36O6. The summed E-state index contributed by atoms with van der Waals surface area (Å²) in [5, 5.41) is 39.9. The molecule has 0 aromatic heterocycles. The first-order valence-electron chi connectivity index (χ1n) is 10.7. The van der Waals surface area contributed by atoms with Crippen LogP contribution in [0.2, 0.25) is 0 Å². The lowest BCUT2D eigenvalue weighted by atomic mass is 9.69. The molecule has 0 bridgehead atoms. The monoisotopic (exact) mass is 384 g/mol. The highest BCUT2D eigenvalue weighted by Crippen LogP contribution is 2.81. The Labute approximate surface area is 161 Å². The number of ether oxygens (including phenoxy) is 2. The van der Waals surface area contributed by atoms with E-state index in [0.29, 0.717) is 35.0 Å². The fraction of sp³-hybridized carbons (Fsp3) is 1.00. The smallest absolute Gasteiger partial charge is 0.187 e. The Morgan fingerprint density at radius 2 is 1.78 bits per heavy atom. The summed E-state index contributed by atoms with van der Waals surface area (Å²) in [5.41, 5.74) is -0.0693. The molecular weight excluding hydrogens is 348 g/mol. The SMILES string of the molecule is CC(C)C1CCC(C)C23CCC(C)(OC4OC(CO)C(O)C(O)C4O)C2C13. The van der Waals surface area contributed by atoms with E-state index >= 15 is 0 Å². The predicted octanol–water partition coefficient (Wildman–Crippen LogP) is 1.29. The van der Waals surface area contributed by atoms with Crippen molar-refractivity contribution in [3.63, 3.8) is 0 Å². The molecule has 1 saturated heterocycles. The maximum atomic E-state index is 10.4. The second kappa shape index (κ2) is 6.64. The van der Waals surface area contributed by atoms with E-state index in [1.54, 1.807) is 0 Å². The molecule has 0 amide bonds. The molecule has 11 unspecified atom stereocenters. The molecule has 0 aromatic rings. The van der Waals surface area contributed by atoms with Crippen LogP contribution < -0.4 is 0 Å². The van der Waals surface area contributed by atoms with Crippen LogP contribution in [0.3, 0.4) is 0 Å². The maximum absolute atomic E-state index is 10.4. The Bertz CT molecular complexity index is 567. The summed E-state index contributed by atoms with van der Waals surface area (Å²) >= 11 is 0. The number of hydrogen-bond donors (Lipinski definition) is 4. The topological polar surface area (TPSA) is 99.4 Å². The Kier molecular flexibility index (Phi) is 4.93. The predicted molar refractivity (Wildman–Crippen MR) is 98.6 cm³/mol. The Hall–Kier alpha value is -0.240. The number of aliphatic hydroxyl groups excluding tert-OH is 4. The minimum Gasteiger partial charge on any atom is -0.394 e. The van der Waals surface area contributed by atoms with Crippen molar-refractivity contribution >= 4 is 0 Å². The molecule has 4 rings (SSSR count). The van der Waals surface area contributed by atoms with Crippen LogP contribution in [0.15, 0.2) is 0 Å². The zero-order chi connectivity index (χ0) is 19.7. The van der Waals surface area contributed by atoms with Gasteiger partial charge in [0.25, 0.3) is 0 Å². The van der Waals surface area contributed by atoms with E-state index in [2.05, 4.69) is 27.7 Å². The van der Waals surface area contributed by atoms with Crippen molar-refractivity contribution < 1.29 is 29.9 Å². The van der Waals surface area contributed by atoms with E-state index in [-0.39, 0.29) is 0 Å². The van der Waals surface area contributed by atoms with E-state index in [0.717, 1.165) is 12.8 Å². The van der Waals surface area contributed by atoms with Crippen LogP contribution in [0.25, 0.3) is 0 Å². The van der Waals surface area contributed by atoms with Crippen molar-refractivity contribution in [1.29, 1.82) is 0 Å². The molecule has 4 fully saturated rings. The lowest BCUT2D eigenvalue weighted by molar-refractivity contribution is -0.327. The van der Waals surface area contributed by atoms with Gasteiger partial charge in [-0.2, -0.15) is 0 Å². The second-order valence-electron chi connectivity index (χ2n) is 10.1. The molecule has 11 atom stereocenters. The van der Waals surface area contributed by atoms with Gasteiger partial charge in [0, 0.05) is 0 Å². The van der Waals surface area contributed by atoms with Gasteiger partial charge in [-0.1, -0.05) is 20.8 Å². The van der Waals surface area contributed by atoms with Crippen LogP contribution in [-0.4, -0.2) is 63.3 Å². The van der Waals surface area contributed by atoms with Gasteiger partial charge in [0.1, 0.15) is 24.4 Å². The van der Waals surface area contributed by atoms with Crippen LogP contribution in [0.5, 0.6) is 0 Å². The van der Waals surface area contributed by atoms with Gasteiger partial charge in [0.15, 0.2) is 6.29 Å². The summed E-state index contributed by atoms with van der Waals surface area (Å²) < 4.78 is 12.0. The van der Waals surface area contributed by atoms with Crippen LogP contribution in [0, 0.1) is 35.0 Å². The third-order valence-electron chi connectivity index (χ3n) is 8.56. The molecule has 1 spiro atoms. The van der Waals surface area contributed by atoms with Gasteiger partial charge in [-0.15, -0.1) is 0 Å². The maximum Gasteiger partial charge on any atom is 0.187 e. The number of fused-ring (bicyclic) bond motifs is 1. The van der Waals surface area contributed by atoms with Crippen molar-refractivity contribution in [2.75, 3.05) is 6.61 Å². The summed E-state index contributed by atoms with van der Waals surface area (Å²) in [6.07, 6.45) is -1.41. The van der Waals surface area contributed by atoms with Crippen molar-refractivity contribution in [2.45, 2.75) is 89.7 Å². The van der Waals surface area contributed by atoms with E-state index in [1.807, 2.05) is 0 Å². The highest BCUT2D eigenvalue weighted by atomic mass is 16.7. The minimum absolute atomic E-state index is 0.343. The molecule has 3 aliphatic carbocycles. The number of aliphatic hydroxyl groups is 4. The minimum atomic E-state index is -1.39. The van der Waals surface area contributed by atoms with Gasteiger partial charge in [-0.25, -0.2) is 0 Å². The average Bonchev–Trinajstić information content (AvgIpc) is 3.24. The molecule has 6 nitrogen and oxygen atoms in total. The zero-order valence-electron chi connectivity index (χ0n) is 16.9. The van der Waals surface area contributed by atoms with Gasteiger partial charge >= 0.3 is 0 Å². The lowest BCUT2D eigenvalue weighted by Crippen LogP contribution is -2.60. The normalized spacial score (nSPS) is 57.4. The molecule has 156 valence electrons. The molecule has 4 aliphatic rings. The van der Waals surface area contributed by atoms with Crippen LogP contribution in [0.1, 0.15) is 53.4 Å². The first-order chi connectivity index (χ1) is 12.7. The summed E-state index contributed by atoms with van der Waals surface area (Å²) in [7, 11) is 0. The third-order valence-corrected chi connectivity index (χ3v) is 8.56. The molecule has 3 saturated carbocycles. The first kappa shape index (κ1) is 20.0. The molecule has 1 aliphatic heterocycles. The standard InChI is InChI=1S/C21H36O6/c1-10(2)12-6-5-11(3)21-8-7-20(4,18(21)14(12)21)27-19-17(25)16(24)15(23)13(9-22)26-19/h10-19,22-25H,5-9H2,1-4H3. The van der Waals surface area contributed by atoms with Crippen molar-refractivity contribution in [3.05, 3.63) is 0 Å². The van der Waals surface area contributed by atoms with Crippen LogP contribution >= 0.6 is 0 Å². The Morgan fingerprint density at radius 3 is 2.41 bits per heavy atom. The zero-order valence-corrected chi connectivity index (χ0v) is 16.9. The van der Waals surface area contributed by atoms with Crippen molar-refractivity contribution in [1.82, 2.24) is 0 Å². The summed E-state index contributed by atoms with van der Waals surface area (Å²) in [6.45, 7) is 8.71. The summed E-state index contributed by atoms with van der Waals surface area (Å²) in [6, 6.07) is 0. The molecule has 1 heterocycles. The molecule has 27 heavy (non-hydrogen) atoms. The molecule has 0 aromatic carbocycles. The first-order valence-corrected chi connectivity index (χ1v) is 10.7. The number of rotatable bonds is 4. The van der Waals surface area contributed by atoms with E-state index in [9.17, 15) is 20.4 Å². The third kappa shape index (κ3) is 2.75. The van der Waals surface area contributed by atoms with Gasteiger partial charge in [-0.05, 0) is 67.6 Å². The van der Waals surface area contributed by atoms with E-state index in [4.69, 9.17) is 9.47 Å². The van der Waals surface area contributed by atoms with Gasteiger partial charge in [-0.3, -0.25) is 0 Å². The Morgan fingerprint density at radius 1 is 1.07 bits per heavy atom. The van der Waals surface area contributed by atoms with Gasteiger partial charge < -0.3 is 29.9 Å². The van der Waals surface area contributed by atoms with Crippen LogP contribution in [-0.2, 0) is 9.47 Å². The molecule has 6 heteroatoms. The van der Waals surface area contributed by atoms with E-state index in [1.165, 1.54) is 12.8 Å². The fourth-order valence-corrected chi connectivity index (χ4v) is 7.11. The van der Waals surface area contributed by atoms with Crippen molar-refractivity contribution in [2.24, 2.45) is 35.0 Å². The van der Waals surface area contributed by atoms with Gasteiger partial charge in [0.2, 0.25) is 0 Å². The quantitative estimate of drug-likeness (QED) is 0.545. The van der Waals surface area contributed by atoms with Crippen molar-refractivity contribution in [3.8, 4) is 0 Å². The highest BCUT2D eigenvalue weighted by molar-refractivity contribution is 5.26. The second-order valence-corrected chi connectivity index (χ2v) is 10.1. The number of hydrogen-bond acceptors (Lipinski definition) is 6. The fourth-order valence-electron chi connectivity index (χ4n) is 7.11. The highest BCUT2D eigenvalue weighted by Gasteiger charge is 2.79. The summed E-state index contributed by atoms with van der Waals surface area (Å²) in [5.74, 6) is 3.15. The van der Waals surface area contributed by atoms with Gasteiger partial charge in [0.05, 0.1) is 12.2 Å². The van der Waals surface area contributed by atoms with Crippen LogP contribution in [0.4, 0.5) is 0 Å². The lowest BCUT2D eigenvalue weighted by Gasteiger charge is -2.43. The largest absolute Gasteiger partial charge is 0.394 e. The molecule has 0 radical (unpaired) electrons. The molecule has 4 N–H and O–H groups in total.